The van der Waals surface area contributed by atoms with Gasteiger partial charge in [-0.2, -0.15) is 0 Å². The molecule has 0 saturated carbocycles. The number of carbonyl (C=O) groups is 1. The van der Waals surface area contributed by atoms with Crippen LogP contribution in [0.4, 0.5) is 5.69 Å². The van der Waals surface area contributed by atoms with Gasteiger partial charge in [0.05, 0.1) is 7.11 Å². The second-order valence-electron chi connectivity index (χ2n) is 7.12. The van der Waals surface area contributed by atoms with Crippen LogP contribution in [0.1, 0.15) is 38.2 Å². The third-order valence-corrected chi connectivity index (χ3v) is 5.13. The van der Waals surface area contributed by atoms with Gasteiger partial charge in [-0.1, -0.05) is 19.1 Å². The summed E-state index contributed by atoms with van der Waals surface area (Å²) in [6.45, 7) is 4.72. The highest BCUT2D eigenvalue weighted by atomic mass is 16.5. The molecule has 1 atom stereocenters. The second kappa shape index (κ2) is 10.0. The van der Waals surface area contributed by atoms with Gasteiger partial charge in [0.25, 0.3) is 5.91 Å². The predicted octanol–water partition coefficient (Wildman–Crippen LogP) is 4.16. The Morgan fingerprint density at radius 1 is 1.00 bits per heavy atom. The first-order valence-corrected chi connectivity index (χ1v) is 10.1. The van der Waals surface area contributed by atoms with E-state index in [1.807, 2.05) is 31.2 Å². The van der Waals surface area contributed by atoms with E-state index in [4.69, 9.17) is 9.47 Å². The van der Waals surface area contributed by atoms with E-state index in [1.54, 1.807) is 7.11 Å². The van der Waals surface area contributed by atoms with E-state index in [1.165, 1.54) is 24.9 Å². The van der Waals surface area contributed by atoms with Crippen molar-refractivity contribution >= 4 is 11.6 Å². The van der Waals surface area contributed by atoms with Crippen molar-refractivity contribution in [2.75, 3.05) is 25.1 Å². The third-order valence-electron chi connectivity index (χ3n) is 5.13. The molecule has 0 aliphatic carbocycles. The largest absolute Gasteiger partial charge is 0.497 e. The molecule has 0 radical (unpaired) electrons. The number of methoxy groups -OCH3 is 1. The number of nitrogens with one attached hydrogen (secondary N) is 1. The molecule has 1 fully saturated rings. The molecule has 0 aromatic heterocycles. The first kappa shape index (κ1) is 20.1. The smallest absolute Gasteiger partial charge is 0.261 e. The molecule has 5 heteroatoms. The van der Waals surface area contributed by atoms with Crippen LogP contribution in [0.15, 0.2) is 48.5 Å². The molecule has 5 nitrogen and oxygen atoms in total. The quantitative estimate of drug-likeness (QED) is 0.745. The lowest BCUT2D eigenvalue weighted by molar-refractivity contribution is -0.128. The normalized spacial score (nSPS) is 15.0. The number of hydrogen-bond acceptors (Lipinski definition) is 4. The molecule has 0 bridgehead atoms. The number of rotatable bonds is 8. The summed E-state index contributed by atoms with van der Waals surface area (Å²) < 4.78 is 11.0. The van der Waals surface area contributed by atoms with Crippen molar-refractivity contribution in [3.8, 4) is 11.5 Å². The Bertz CT molecular complexity index is 737. The van der Waals surface area contributed by atoms with E-state index in [9.17, 15) is 4.79 Å². The molecule has 2 aromatic carbocycles. The van der Waals surface area contributed by atoms with Crippen molar-refractivity contribution < 1.29 is 14.3 Å². The summed E-state index contributed by atoms with van der Waals surface area (Å²) in [5.74, 6) is 1.32. The molecule has 28 heavy (non-hydrogen) atoms. The van der Waals surface area contributed by atoms with Crippen LogP contribution in [0.3, 0.4) is 0 Å². The molecular formula is C23H30N2O3. The van der Waals surface area contributed by atoms with Crippen LogP contribution in [0.2, 0.25) is 0 Å². The highest BCUT2D eigenvalue weighted by Crippen LogP contribution is 2.21. The topological polar surface area (TPSA) is 50.8 Å². The lowest BCUT2D eigenvalue weighted by atomic mass is 10.1. The van der Waals surface area contributed by atoms with Crippen molar-refractivity contribution in [3.05, 3.63) is 54.1 Å². The highest BCUT2D eigenvalue weighted by Gasteiger charge is 2.18. The lowest BCUT2D eigenvalue weighted by Crippen LogP contribution is -2.37. The fourth-order valence-electron chi connectivity index (χ4n) is 3.42. The maximum Gasteiger partial charge on any atom is 0.261 e. The zero-order valence-corrected chi connectivity index (χ0v) is 16.8. The van der Waals surface area contributed by atoms with Crippen LogP contribution < -0.4 is 19.7 Å². The van der Waals surface area contributed by atoms with Gasteiger partial charge >= 0.3 is 0 Å². The maximum absolute atomic E-state index is 12.5. The summed E-state index contributed by atoms with van der Waals surface area (Å²) in [5, 5.41) is 2.99. The summed E-state index contributed by atoms with van der Waals surface area (Å²) in [6, 6.07) is 15.8. The van der Waals surface area contributed by atoms with E-state index in [0.717, 1.165) is 24.4 Å². The number of piperidine rings is 1. The molecular weight excluding hydrogens is 352 g/mol. The molecule has 0 unspecified atom stereocenters. The van der Waals surface area contributed by atoms with Crippen LogP contribution in [-0.4, -0.2) is 32.2 Å². The molecule has 1 saturated heterocycles. The van der Waals surface area contributed by atoms with Gasteiger partial charge in [0, 0.05) is 25.3 Å². The minimum absolute atomic E-state index is 0.0987. The van der Waals surface area contributed by atoms with Crippen molar-refractivity contribution in [1.29, 1.82) is 0 Å². The predicted molar refractivity (Wildman–Crippen MR) is 112 cm³/mol. The third kappa shape index (κ3) is 5.41. The van der Waals surface area contributed by atoms with Crippen LogP contribution >= 0.6 is 0 Å². The molecule has 1 N–H and O–H groups in total. The number of hydrogen-bond donors (Lipinski definition) is 1. The summed E-state index contributed by atoms with van der Waals surface area (Å²) >= 11 is 0. The van der Waals surface area contributed by atoms with Crippen molar-refractivity contribution in [2.45, 2.75) is 45.3 Å². The van der Waals surface area contributed by atoms with Gasteiger partial charge < -0.3 is 19.7 Å². The number of nitrogens with zero attached hydrogens (tertiary/aromatic N) is 1. The minimum Gasteiger partial charge on any atom is -0.497 e. The zero-order valence-electron chi connectivity index (χ0n) is 16.8. The Balaban J connectivity index is 1.51. The van der Waals surface area contributed by atoms with Gasteiger partial charge in [-0.25, -0.2) is 0 Å². The first-order chi connectivity index (χ1) is 13.7. The fraction of sp³-hybridized carbons (Fsp3) is 0.435. The van der Waals surface area contributed by atoms with Crippen LogP contribution in [-0.2, 0) is 11.3 Å². The Hall–Kier alpha value is -2.69. The second-order valence-corrected chi connectivity index (χ2v) is 7.12. The molecule has 1 aliphatic rings. The van der Waals surface area contributed by atoms with E-state index in [-0.39, 0.29) is 5.91 Å². The van der Waals surface area contributed by atoms with Crippen LogP contribution in [0.5, 0.6) is 11.5 Å². The van der Waals surface area contributed by atoms with E-state index in [0.29, 0.717) is 18.7 Å². The average Bonchev–Trinajstić information content (AvgIpc) is 2.77. The van der Waals surface area contributed by atoms with Gasteiger partial charge in [-0.15, -0.1) is 0 Å². The monoisotopic (exact) mass is 382 g/mol. The lowest BCUT2D eigenvalue weighted by Gasteiger charge is -2.28. The Labute approximate surface area is 167 Å². The van der Waals surface area contributed by atoms with E-state index >= 15 is 0 Å². The van der Waals surface area contributed by atoms with Gasteiger partial charge in [0.1, 0.15) is 11.5 Å². The molecule has 150 valence electrons. The van der Waals surface area contributed by atoms with E-state index < -0.39 is 6.10 Å². The molecule has 2 aromatic rings. The van der Waals surface area contributed by atoms with Crippen LogP contribution in [0, 0.1) is 0 Å². The highest BCUT2D eigenvalue weighted by molar-refractivity contribution is 5.81. The van der Waals surface area contributed by atoms with Gasteiger partial charge in [-0.05, 0) is 67.6 Å². The van der Waals surface area contributed by atoms with Gasteiger partial charge in [-0.3, -0.25) is 4.79 Å². The van der Waals surface area contributed by atoms with Gasteiger partial charge in [0.15, 0.2) is 6.10 Å². The molecule has 3 rings (SSSR count). The standard InChI is InChI=1S/C23H30N2O3/c1-3-22(28-21-13-11-20(27-2)12-14-21)23(26)24-17-18-7-9-19(10-8-18)25-15-5-4-6-16-25/h7-14,22H,3-6,15-17H2,1-2H3,(H,24,26)/t22-/m0/s1. The number of ether oxygens (including phenoxy) is 2. The van der Waals surface area contributed by atoms with Crippen molar-refractivity contribution in [3.63, 3.8) is 0 Å². The van der Waals surface area contributed by atoms with Gasteiger partial charge in [0.2, 0.25) is 0 Å². The summed E-state index contributed by atoms with van der Waals surface area (Å²) in [4.78, 5) is 15.0. The molecule has 1 aliphatic heterocycles. The van der Waals surface area contributed by atoms with Crippen molar-refractivity contribution in [1.82, 2.24) is 5.32 Å². The van der Waals surface area contributed by atoms with Crippen molar-refractivity contribution in [2.24, 2.45) is 0 Å². The fourth-order valence-corrected chi connectivity index (χ4v) is 3.42. The zero-order chi connectivity index (χ0) is 19.8. The number of amides is 1. The summed E-state index contributed by atoms with van der Waals surface area (Å²) in [7, 11) is 1.62. The number of anilines is 1. The first-order valence-electron chi connectivity index (χ1n) is 10.1. The minimum atomic E-state index is -0.513. The molecule has 1 amide bonds. The van der Waals surface area contributed by atoms with Crippen LogP contribution in [0.25, 0.3) is 0 Å². The number of benzene rings is 2. The Morgan fingerprint density at radius 3 is 2.25 bits per heavy atom. The number of carbonyl (C=O) groups excluding carboxylic acids is 1. The Morgan fingerprint density at radius 2 is 1.64 bits per heavy atom. The van der Waals surface area contributed by atoms with E-state index in [2.05, 4.69) is 34.5 Å². The maximum atomic E-state index is 12.5. The summed E-state index contributed by atoms with van der Waals surface area (Å²) in [5.41, 5.74) is 2.36. The Kier molecular flexibility index (Phi) is 7.18. The molecule has 0 spiro atoms. The summed E-state index contributed by atoms with van der Waals surface area (Å²) in [6.07, 6.45) is 3.96. The molecule has 1 heterocycles. The SMILES string of the molecule is CC[C@H](Oc1ccc(OC)cc1)C(=O)NCc1ccc(N2CCCCC2)cc1. The average molecular weight is 383 g/mol.